The van der Waals surface area contributed by atoms with Gasteiger partial charge < -0.3 is 9.47 Å². The first kappa shape index (κ1) is 15.4. The average Bonchev–Trinajstić information content (AvgIpc) is 2.47. The van der Waals surface area contributed by atoms with Crippen molar-refractivity contribution in [3.63, 3.8) is 0 Å². The molecule has 3 nitrogen and oxygen atoms in total. The van der Waals surface area contributed by atoms with Crippen LogP contribution in [0.15, 0.2) is 24.3 Å². The van der Waals surface area contributed by atoms with Gasteiger partial charge in [0.2, 0.25) is 0 Å². The van der Waals surface area contributed by atoms with E-state index < -0.39 is 5.97 Å². The van der Waals surface area contributed by atoms with Crippen molar-refractivity contribution in [1.29, 1.82) is 0 Å². The summed E-state index contributed by atoms with van der Waals surface area (Å²) >= 11 is 11.9. The number of esters is 1. The second-order valence-corrected chi connectivity index (χ2v) is 5.46. The number of halogens is 2. The van der Waals surface area contributed by atoms with Crippen molar-refractivity contribution in [3.8, 4) is 0 Å². The van der Waals surface area contributed by atoms with Crippen LogP contribution in [0.3, 0.4) is 0 Å². The number of benzene rings is 1. The van der Waals surface area contributed by atoms with Gasteiger partial charge in [-0.2, -0.15) is 0 Å². The Morgan fingerprint density at radius 1 is 1.40 bits per heavy atom. The van der Waals surface area contributed by atoms with Crippen LogP contribution in [0.1, 0.15) is 24.8 Å². The summed E-state index contributed by atoms with van der Waals surface area (Å²) < 4.78 is 10.6. The Morgan fingerprint density at radius 3 is 3.00 bits per heavy atom. The molecule has 1 saturated heterocycles. The number of carbonyl (C=O) groups is 1. The molecule has 0 radical (unpaired) electrons. The van der Waals surface area contributed by atoms with E-state index in [0.29, 0.717) is 22.2 Å². The maximum Gasteiger partial charge on any atom is 0.330 e. The maximum atomic E-state index is 11.6. The van der Waals surface area contributed by atoms with Gasteiger partial charge in [-0.25, -0.2) is 4.79 Å². The van der Waals surface area contributed by atoms with E-state index in [4.69, 9.17) is 32.7 Å². The lowest BCUT2D eigenvalue weighted by Gasteiger charge is -2.21. The highest BCUT2D eigenvalue weighted by molar-refractivity contribution is 6.34. The summed E-state index contributed by atoms with van der Waals surface area (Å²) in [5.41, 5.74) is 0.685. The Hall–Kier alpha value is -1.03. The molecule has 0 amide bonds. The van der Waals surface area contributed by atoms with Crippen LogP contribution in [0.4, 0.5) is 0 Å². The van der Waals surface area contributed by atoms with E-state index in [1.54, 1.807) is 24.3 Å². The summed E-state index contributed by atoms with van der Waals surface area (Å²) in [6.45, 7) is 1.04. The molecule has 0 aliphatic carbocycles. The first-order valence-corrected chi connectivity index (χ1v) is 7.32. The number of rotatable bonds is 4. The molecule has 1 fully saturated rings. The normalized spacial score (nSPS) is 19.2. The molecule has 1 aromatic rings. The van der Waals surface area contributed by atoms with Gasteiger partial charge in [-0.1, -0.05) is 23.2 Å². The van der Waals surface area contributed by atoms with Crippen molar-refractivity contribution in [1.82, 2.24) is 0 Å². The minimum absolute atomic E-state index is 0.0239. The molecule has 20 heavy (non-hydrogen) atoms. The van der Waals surface area contributed by atoms with Crippen LogP contribution in [0, 0.1) is 0 Å². The van der Waals surface area contributed by atoms with Crippen LogP contribution < -0.4 is 0 Å². The molecule has 1 unspecified atom stereocenters. The zero-order valence-electron chi connectivity index (χ0n) is 11.0. The van der Waals surface area contributed by atoms with Gasteiger partial charge in [-0.05, 0) is 49.1 Å². The van der Waals surface area contributed by atoms with E-state index in [2.05, 4.69) is 0 Å². The van der Waals surface area contributed by atoms with Crippen molar-refractivity contribution in [2.24, 2.45) is 0 Å². The predicted octanol–water partition coefficient (Wildman–Crippen LogP) is 4.12. The van der Waals surface area contributed by atoms with Crippen molar-refractivity contribution in [2.75, 3.05) is 13.2 Å². The van der Waals surface area contributed by atoms with Gasteiger partial charge in [-0.3, -0.25) is 0 Å². The largest absolute Gasteiger partial charge is 0.460 e. The van der Waals surface area contributed by atoms with Crippen LogP contribution in [0.5, 0.6) is 0 Å². The minimum Gasteiger partial charge on any atom is -0.460 e. The van der Waals surface area contributed by atoms with Crippen LogP contribution in [-0.4, -0.2) is 25.3 Å². The van der Waals surface area contributed by atoms with Crippen LogP contribution >= 0.6 is 23.2 Å². The first-order chi connectivity index (χ1) is 9.65. The predicted molar refractivity (Wildman–Crippen MR) is 80.0 cm³/mol. The smallest absolute Gasteiger partial charge is 0.330 e. The molecule has 1 aliphatic rings. The maximum absolute atomic E-state index is 11.6. The number of hydrogen-bond acceptors (Lipinski definition) is 3. The highest BCUT2D eigenvalue weighted by atomic mass is 35.5. The Kier molecular flexibility index (Phi) is 5.89. The summed E-state index contributed by atoms with van der Waals surface area (Å²) in [7, 11) is 0. The Morgan fingerprint density at radius 2 is 2.25 bits per heavy atom. The monoisotopic (exact) mass is 314 g/mol. The van der Waals surface area contributed by atoms with Crippen LogP contribution in [-0.2, 0) is 14.3 Å². The van der Waals surface area contributed by atoms with Crippen molar-refractivity contribution < 1.29 is 14.3 Å². The van der Waals surface area contributed by atoms with E-state index in [9.17, 15) is 4.79 Å². The minimum atomic E-state index is -0.407. The molecular formula is C15H16Cl2O3. The second-order valence-electron chi connectivity index (χ2n) is 4.62. The summed E-state index contributed by atoms with van der Waals surface area (Å²) in [5.74, 6) is -0.407. The standard InChI is InChI=1S/C15H16Cl2O3/c16-12-5-6-14(17)11(9-12)4-7-15(18)20-10-13-3-1-2-8-19-13/h4-7,9,13H,1-3,8,10H2/b7-4+. The molecule has 2 rings (SSSR count). The molecule has 0 aromatic heterocycles. The lowest BCUT2D eigenvalue weighted by atomic mass is 10.1. The van der Waals surface area contributed by atoms with E-state index in [-0.39, 0.29) is 6.10 Å². The average molecular weight is 315 g/mol. The van der Waals surface area contributed by atoms with Gasteiger partial charge >= 0.3 is 5.97 Å². The Labute approximate surface area is 128 Å². The second kappa shape index (κ2) is 7.67. The molecular weight excluding hydrogens is 299 g/mol. The van der Waals surface area contributed by atoms with E-state index >= 15 is 0 Å². The number of carbonyl (C=O) groups excluding carboxylic acids is 1. The zero-order valence-corrected chi connectivity index (χ0v) is 12.5. The van der Waals surface area contributed by atoms with Gasteiger partial charge in [0.05, 0.1) is 6.10 Å². The van der Waals surface area contributed by atoms with Crippen molar-refractivity contribution in [3.05, 3.63) is 39.9 Å². The molecule has 1 aliphatic heterocycles. The topological polar surface area (TPSA) is 35.5 Å². The van der Waals surface area contributed by atoms with Gasteiger partial charge in [0.25, 0.3) is 0 Å². The Bertz CT molecular complexity index is 494. The molecule has 0 bridgehead atoms. The fourth-order valence-electron chi connectivity index (χ4n) is 1.96. The summed E-state index contributed by atoms with van der Waals surface area (Å²) in [6, 6.07) is 5.07. The third-order valence-corrected chi connectivity index (χ3v) is 3.62. The van der Waals surface area contributed by atoms with Crippen molar-refractivity contribution in [2.45, 2.75) is 25.4 Å². The van der Waals surface area contributed by atoms with Gasteiger partial charge in [0.15, 0.2) is 0 Å². The SMILES string of the molecule is O=C(/C=C/c1cc(Cl)ccc1Cl)OCC1CCCCO1. The first-order valence-electron chi connectivity index (χ1n) is 6.56. The molecule has 1 heterocycles. The van der Waals surface area contributed by atoms with E-state index in [0.717, 1.165) is 25.9 Å². The summed E-state index contributed by atoms with van der Waals surface area (Å²) in [5, 5.41) is 1.10. The van der Waals surface area contributed by atoms with E-state index in [1.807, 2.05) is 0 Å². The molecule has 0 spiro atoms. The highest BCUT2D eigenvalue weighted by Gasteiger charge is 2.15. The lowest BCUT2D eigenvalue weighted by molar-refractivity contribution is -0.143. The molecule has 1 aromatic carbocycles. The lowest BCUT2D eigenvalue weighted by Crippen LogP contribution is -2.25. The molecule has 0 saturated carbocycles. The zero-order chi connectivity index (χ0) is 14.4. The quantitative estimate of drug-likeness (QED) is 0.619. The van der Waals surface area contributed by atoms with Crippen LogP contribution in [0.2, 0.25) is 10.0 Å². The van der Waals surface area contributed by atoms with Gasteiger partial charge in [0, 0.05) is 22.7 Å². The third kappa shape index (κ3) is 4.82. The molecule has 108 valence electrons. The fraction of sp³-hybridized carbons (Fsp3) is 0.400. The number of ether oxygens (including phenoxy) is 2. The molecule has 0 N–H and O–H groups in total. The summed E-state index contributed by atoms with van der Waals surface area (Å²) in [6.07, 6.45) is 6.11. The van der Waals surface area contributed by atoms with Gasteiger partial charge in [0.1, 0.15) is 6.61 Å². The fourth-order valence-corrected chi connectivity index (χ4v) is 2.32. The number of hydrogen-bond donors (Lipinski definition) is 0. The van der Waals surface area contributed by atoms with E-state index in [1.165, 1.54) is 6.08 Å². The molecule has 5 heteroatoms. The summed E-state index contributed by atoms with van der Waals surface area (Å²) in [4.78, 5) is 11.6. The van der Waals surface area contributed by atoms with Crippen LogP contribution in [0.25, 0.3) is 6.08 Å². The Balaban J connectivity index is 1.84. The van der Waals surface area contributed by atoms with Crippen molar-refractivity contribution >= 4 is 35.2 Å². The third-order valence-electron chi connectivity index (χ3n) is 3.04. The van der Waals surface area contributed by atoms with Gasteiger partial charge in [-0.15, -0.1) is 0 Å². The molecule has 1 atom stereocenters. The highest BCUT2D eigenvalue weighted by Crippen LogP contribution is 2.21.